The zero-order chi connectivity index (χ0) is 27.2. The lowest BCUT2D eigenvalue weighted by Gasteiger charge is -2.35. The van der Waals surface area contributed by atoms with Gasteiger partial charge in [0.1, 0.15) is 18.1 Å². The van der Waals surface area contributed by atoms with Crippen LogP contribution in [0.25, 0.3) is 17.2 Å². The molecule has 6 heteroatoms. The van der Waals surface area contributed by atoms with E-state index in [1.807, 2.05) is 44.4 Å². The van der Waals surface area contributed by atoms with Crippen LogP contribution >= 0.6 is 0 Å². The molecule has 0 saturated carbocycles. The Kier molecular flexibility index (Phi) is 8.87. The molecule has 4 rings (SSSR count). The Bertz CT molecular complexity index is 1290. The quantitative estimate of drug-likeness (QED) is 0.311. The topological polar surface area (TPSA) is 56.2 Å². The van der Waals surface area contributed by atoms with Crippen molar-refractivity contribution in [1.29, 1.82) is 0 Å². The van der Waals surface area contributed by atoms with Crippen molar-refractivity contribution in [2.24, 2.45) is 0 Å². The molecular weight excluding hydrogens is 474 g/mol. The number of benzene rings is 3. The fourth-order valence-corrected chi connectivity index (χ4v) is 4.76. The predicted molar refractivity (Wildman–Crippen MR) is 157 cm³/mol. The van der Waals surface area contributed by atoms with E-state index in [0.29, 0.717) is 17.9 Å². The Balaban J connectivity index is 1.66. The van der Waals surface area contributed by atoms with Crippen molar-refractivity contribution in [1.82, 2.24) is 9.80 Å². The average molecular weight is 514 g/mol. The summed E-state index contributed by atoms with van der Waals surface area (Å²) in [7, 11) is 6.11. The van der Waals surface area contributed by atoms with Gasteiger partial charge in [0.25, 0.3) is 0 Å². The highest BCUT2D eigenvalue weighted by molar-refractivity contribution is 6.09. The number of likely N-dealkylation sites (N-methyl/N-ethyl adjacent to an activating group) is 2. The minimum absolute atomic E-state index is 0.117. The van der Waals surface area contributed by atoms with Gasteiger partial charge in [-0.15, -0.1) is 0 Å². The zero-order valence-electron chi connectivity index (χ0n) is 23.2. The maximum Gasteiger partial charge on any atom is 0.189 e. The van der Waals surface area contributed by atoms with E-state index in [9.17, 15) is 9.90 Å². The summed E-state index contributed by atoms with van der Waals surface area (Å²) in [5.41, 5.74) is 6.81. The maximum atomic E-state index is 13.6. The van der Waals surface area contributed by atoms with Crippen molar-refractivity contribution < 1.29 is 14.6 Å². The lowest BCUT2D eigenvalue weighted by Crippen LogP contribution is -2.44. The molecule has 6 nitrogen and oxygen atoms in total. The molecule has 0 radical (unpaired) electrons. The number of rotatable bonds is 9. The first-order valence-electron chi connectivity index (χ1n) is 13.2. The number of allylic oxidation sites excluding steroid dienone is 1. The molecule has 1 aliphatic rings. The second kappa shape index (κ2) is 12.3. The van der Waals surface area contributed by atoms with E-state index in [2.05, 4.69) is 53.8 Å². The van der Waals surface area contributed by atoms with Crippen molar-refractivity contribution in [2.75, 3.05) is 65.4 Å². The molecule has 0 spiro atoms. The molecule has 1 heterocycles. The standard InChI is InChI=1S/C32H39N3O3/c1-23-18-24(2)20-27(19-23)26-8-11-32(38-17-16-33(3)4)29(21-26)31(37)10-7-25-6-9-28(36)22-30(25)35-14-12-34(5)13-15-35/h6-11,18-22,36H,12-17H2,1-5H3. The van der Waals surface area contributed by atoms with Gasteiger partial charge in [0, 0.05) is 44.5 Å². The van der Waals surface area contributed by atoms with Gasteiger partial charge in [-0.25, -0.2) is 0 Å². The number of anilines is 1. The second-order valence-corrected chi connectivity index (χ2v) is 10.5. The molecule has 1 aliphatic heterocycles. The normalized spacial score (nSPS) is 14.4. The summed E-state index contributed by atoms with van der Waals surface area (Å²) in [6, 6.07) is 17.6. The van der Waals surface area contributed by atoms with Gasteiger partial charge in [-0.3, -0.25) is 4.79 Å². The fraction of sp³-hybridized carbons (Fsp3) is 0.344. The molecule has 0 aliphatic carbocycles. The van der Waals surface area contributed by atoms with Crippen LogP contribution in [0.15, 0.2) is 60.7 Å². The van der Waals surface area contributed by atoms with Crippen LogP contribution < -0.4 is 9.64 Å². The lowest BCUT2D eigenvalue weighted by molar-refractivity contribution is 0.104. The van der Waals surface area contributed by atoms with Crippen molar-refractivity contribution in [2.45, 2.75) is 13.8 Å². The monoisotopic (exact) mass is 513 g/mol. The first-order chi connectivity index (χ1) is 18.2. The Labute approximate surface area is 226 Å². The smallest absolute Gasteiger partial charge is 0.189 e. The molecule has 3 aromatic carbocycles. The second-order valence-electron chi connectivity index (χ2n) is 10.5. The molecular formula is C32H39N3O3. The molecule has 1 fully saturated rings. The molecule has 0 atom stereocenters. The summed E-state index contributed by atoms with van der Waals surface area (Å²) in [4.78, 5) is 20.2. The van der Waals surface area contributed by atoms with E-state index in [0.717, 1.165) is 55.1 Å². The number of hydrogen-bond donors (Lipinski definition) is 1. The zero-order valence-corrected chi connectivity index (χ0v) is 23.2. The maximum absolute atomic E-state index is 13.6. The van der Waals surface area contributed by atoms with E-state index >= 15 is 0 Å². The van der Waals surface area contributed by atoms with Crippen LogP contribution in [-0.4, -0.2) is 81.2 Å². The van der Waals surface area contributed by atoms with Crippen LogP contribution in [0.4, 0.5) is 5.69 Å². The van der Waals surface area contributed by atoms with E-state index in [1.54, 1.807) is 18.2 Å². The van der Waals surface area contributed by atoms with E-state index in [1.165, 1.54) is 11.1 Å². The van der Waals surface area contributed by atoms with Crippen molar-refractivity contribution >= 4 is 17.5 Å². The molecule has 0 amide bonds. The van der Waals surface area contributed by atoms with Gasteiger partial charge >= 0.3 is 0 Å². The molecule has 1 N–H and O–H groups in total. The highest BCUT2D eigenvalue weighted by atomic mass is 16.5. The molecule has 200 valence electrons. The van der Waals surface area contributed by atoms with Gasteiger partial charge < -0.3 is 24.5 Å². The molecule has 38 heavy (non-hydrogen) atoms. The summed E-state index contributed by atoms with van der Waals surface area (Å²) in [5.74, 6) is 0.688. The summed E-state index contributed by atoms with van der Waals surface area (Å²) in [6.07, 6.45) is 3.47. The summed E-state index contributed by atoms with van der Waals surface area (Å²) in [5, 5.41) is 10.2. The Morgan fingerprint density at radius 1 is 0.947 bits per heavy atom. The predicted octanol–water partition coefficient (Wildman–Crippen LogP) is 5.26. The number of nitrogens with zero attached hydrogens (tertiary/aromatic N) is 3. The van der Waals surface area contributed by atoms with Gasteiger partial charge in [-0.1, -0.05) is 35.4 Å². The first kappa shape index (κ1) is 27.4. The Morgan fingerprint density at radius 3 is 2.34 bits per heavy atom. The fourth-order valence-electron chi connectivity index (χ4n) is 4.76. The van der Waals surface area contributed by atoms with Gasteiger partial charge in [-0.2, -0.15) is 0 Å². The number of ether oxygens (including phenoxy) is 1. The largest absolute Gasteiger partial charge is 0.508 e. The summed E-state index contributed by atoms with van der Waals surface area (Å²) < 4.78 is 6.06. The Hall–Kier alpha value is -3.61. The molecule has 0 bridgehead atoms. The number of piperazine rings is 1. The number of carbonyl (C=O) groups is 1. The van der Waals surface area contributed by atoms with Crippen LogP contribution in [0.5, 0.6) is 11.5 Å². The molecule has 3 aromatic rings. The summed E-state index contributed by atoms with van der Waals surface area (Å²) in [6.45, 7) is 9.06. The molecule has 0 unspecified atom stereocenters. The Morgan fingerprint density at radius 2 is 1.66 bits per heavy atom. The van der Waals surface area contributed by atoms with E-state index in [-0.39, 0.29) is 11.5 Å². The van der Waals surface area contributed by atoms with E-state index < -0.39 is 0 Å². The number of phenols is 1. The highest BCUT2D eigenvalue weighted by Gasteiger charge is 2.18. The van der Waals surface area contributed by atoms with Gasteiger partial charge in [-0.05, 0) is 88.1 Å². The number of phenolic OH excluding ortho intramolecular Hbond substituents is 1. The van der Waals surface area contributed by atoms with Gasteiger partial charge in [0.05, 0.1) is 5.56 Å². The molecule has 1 saturated heterocycles. The van der Waals surface area contributed by atoms with Crippen LogP contribution in [-0.2, 0) is 0 Å². The number of carbonyl (C=O) groups excluding carboxylic acids is 1. The first-order valence-corrected chi connectivity index (χ1v) is 13.2. The third-order valence-electron chi connectivity index (χ3n) is 6.87. The average Bonchev–Trinajstić information content (AvgIpc) is 2.87. The minimum Gasteiger partial charge on any atom is -0.508 e. The van der Waals surface area contributed by atoms with Gasteiger partial charge in [0.15, 0.2) is 5.78 Å². The van der Waals surface area contributed by atoms with E-state index in [4.69, 9.17) is 4.74 Å². The minimum atomic E-state index is -0.117. The number of ketones is 1. The lowest BCUT2D eigenvalue weighted by atomic mass is 9.97. The third kappa shape index (κ3) is 7.03. The molecule has 0 aromatic heterocycles. The highest BCUT2D eigenvalue weighted by Crippen LogP contribution is 2.31. The summed E-state index contributed by atoms with van der Waals surface area (Å²) >= 11 is 0. The van der Waals surface area contributed by atoms with Crippen LogP contribution in [0.1, 0.15) is 27.0 Å². The number of aryl methyl sites for hydroxylation is 2. The van der Waals surface area contributed by atoms with Crippen molar-refractivity contribution in [3.8, 4) is 22.6 Å². The number of aromatic hydroxyl groups is 1. The van der Waals surface area contributed by atoms with Crippen LogP contribution in [0, 0.1) is 13.8 Å². The third-order valence-corrected chi connectivity index (χ3v) is 6.87. The van der Waals surface area contributed by atoms with Crippen LogP contribution in [0.3, 0.4) is 0 Å². The number of hydrogen-bond acceptors (Lipinski definition) is 6. The van der Waals surface area contributed by atoms with Crippen LogP contribution in [0.2, 0.25) is 0 Å². The van der Waals surface area contributed by atoms with Gasteiger partial charge in [0.2, 0.25) is 0 Å². The SMILES string of the molecule is Cc1cc(C)cc(-c2ccc(OCCN(C)C)c(C(=O)C=Cc3ccc(O)cc3N3CCN(C)CC3)c2)c1. The van der Waals surface area contributed by atoms with Crippen molar-refractivity contribution in [3.63, 3.8) is 0 Å². The van der Waals surface area contributed by atoms with Crippen molar-refractivity contribution in [3.05, 3.63) is 82.9 Å².